The van der Waals surface area contributed by atoms with Crippen LogP contribution >= 0.6 is 0 Å². The molecule has 2 aromatic carbocycles. The lowest BCUT2D eigenvalue weighted by atomic mass is 9.91. The minimum Gasteiger partial charge on any atom is -0.493 e. The van der Waals surface area contributed by atoms with Gasteiger partial charge in [0.1, 0.15) is 0 Å². The molecule has 2 atom stereocenters. The highest BCUT2D eigenvalue weighted by Gasteiger charge is 2.37. The van der Waals surface area contributed by atoms with Crippen molar-refractivity contribution in [3.63, 3.8) is 0 Å². The summed E-state index contributed by atoms with van der Waals surface area (Å²) >= 11 is 0. The SMILES string of the molecule is C=CC[C@H]1c2cc(OC)c(OC)cc2CCN1N1CCC[C@H]1COCc1ccccc1. The van der Waals surface area contributed by atoms with Crippen LogP contribution in [-0.2, 0) is 17.8 Å². The normalized spacial score (nSPS) is 21.6. The number of hydrazine groups is 1. The Morgan fingerprint density at radius 2 is 1.81 bits per heavy atom. The van der Waals surface area contributed by atoms with E-state index in [0.29, 0.717) is 12.6 Å². The van der Waals surface area contributed by atoms with Gasteiger partial charge in [-0.05, 0) is 54.5 Å². The second-order valence-corrected chi connectivity index (χ2v) is 8.32. The third-order valence-electron chi connectivity index (χ3n) is 6.46. The van der Waals surface area contributed by atoms with Crippen LogP contribution in [-0.4, -0.2) is 50.0 Å². The van der Waals surface area contributed by atoms with E-state index in [2.05, 4.69) is 53.0 Å². The molecule has 0 N–H and O–H groups in total. The Morgan fingerprint density at radius 3 is 2.55 bits per heavy atom. The predicted octanol–water partition coefficient (Wildman–Crippen LogP) is 4.78. The van der Waals surface area contributed by atoms with Gasteiger partial charge in [-0.25, -0.2) is 10.0 Å². The van der Waals surface area contributed by atoms with Gasteiger partial charge in [-0.2, -0.15) is 0 Å². The fourth-order valence-electron chi connectivity index (χ4n) is 4.94. The Bertz CT molecular complexity index is 870. The van der Waals surface area contributed by atoms with Crippen molar-refractivity contribution in [2.45, 2.75) is 44.4 Å². The first-order valence-corrected chi connectivity index (χ1v) is 11.3. The quantitative estimate of drug-likeness (QED) is 0.544. The molecule has 2 aromatic rings. The van der Waals surface area contributed by atoms with E-state index in [-0.39, 0.29) is 6.04 Å². The van der Waals surface area contributed by atoms with Crippen LogP contribution in [0.15, 0.2) is 55.1 Å². The molecule has 0 aliphatic carbocycles. The highest BCUT2D eigenvalue weighted by molar-refractivity contribution is 5.49. The van der Waals surface area contributed by atoms with Gasteiger partial charge in [0.05, 0.1) is 33.5 Å². The van der Waals surface area contributed by atoms with Crippen molar-refractivity contribution >= 4 is 0 Å². The molecular weight excluding hydrogens is 388 g/mol. The molecule has 0 bridgehead atoms. The van der Waals surface area contributed by atoms with Crippen LogP contribution in [0.25, 0.3) is 0 Å². The Kier molecular flexibility index (Phi) is 7.28. The number of nitrogens with zero attached hydrogens (tertiary/aromatic N) is 2. The first-order chi connectivity index (χ1) is 15.2. The lowest BCUT2D eigenvalue weighted by molar-refractivity contribution is -0.0955. The van der Waals surface area contributed by atoms with Crippen molar-refractivity contribution in [1.29, 1.82) is 0 Å². The van der Waals surface area contributed by atoms with Gasteiger partial charge in [-0.15, -0.1) is 6.58 Å². The van der Waals surface area contributed by atoms with Crippen molar-refractivity contribution in [2.24, 2.45) is 0 Å². The van der Waals surface area contributed by atoms with Crippen molar-refractivity contribution < 1.29 is 14.2 Å². The maximum Gasteiger partial charge on any atom is 0.161 e. The van der Waals surface area contributed by atoms with Crippen LogP contribution in [0.2, 0.25) is 0 Å². The molecular formula is C26H34N2O3. The molecule has 166 valence electrons. The standard InChI is InChI=1S/C26H34N2O3/c1-4-9-24-23-17-26(30-3)25(29-2)16-21(23)13-15-28(24)27-14-8-12-22(27)19-31-18-20-10-6-5-7-11-20/h4-7,10-11,16-17,22,24H,1,8-9,12-15,18-19H2,2-3H3/t22-,24-/m0/s1. The van der Waals surface area contributed by atoms with E-state index in [0.717, 1.165) is 44.0 Å². The summed E-state index contributed by atoms with van der Waals surface area (Å²) in [5.41, 5.74) is 3.89. The fourth-order valence-corrected chi connectivity index (χ4v) is 4.94. The van der Waals surface area contributed by atoms with Gasteiger partial charge in [0.2, 0.25) is 0 Å². The summed E-state index contributed by atoms with van der Waals surface area (Å²) < 4.78 is 17.3. The largest absolute Gasteiger partial charge is 0.493 e. The first-order valence-electron chi connectivity index (χ1n) is 11.3. The predicted molar refractivity (Wildman–Crippen MR) is 123 cm³/mol. The highest BCUT2D eigenvalue weighted by atomic mass is 16.5. The van der Waals surface area contributed by atoms with Gasteiger partial charge in [-0.1, -0.05) is 36.4 Å². The molecule has 0 spiro atoms. The topological polar surface area (TPSA) is 34.2 Å². The van der Waals surface area contributed by atoms with E-state index < -0.39 is 0 Å². The number of hydrogen-bond acceptors (Lipinski definition) is 5. The molecule has 0 amide bonds. The zero-order valence-electron chi connectivity index (χ0n) is 18.8. The number of ether oxygens (including phenoxy) is 3. The van der Waals surface area contributed by atoms with Crippen LogP contribution < -0.4 is 9.47 Å². The number of hydrogen-bond donors (Lipinski definition) is 0. The summed E-state index contributed by atoms with van der Waals surface area (Å²) in [6.07, 6.45) is 6.30. The maximum atomic E-state index is 6.13. The Balaban J connectivity index is 1.50. The highest BCUT2D eigenvalue weighted by Crippen LogP contribution is 2.41. The Morgan fingerprint density at radius 1 is 1.03 bits per heavy atom. The van der Waals surface area contributed by atoms with Crippen molar-refractivity contribution in [2.75, 3.05) is 33.9 Å². The van der Waals surface area contributed by atoms with Crippen LogP contribution in [0.5, 0.6) is 11.5 Å². The molecule has 0 unspecified atom stereocenters. The third kappa shape index (κ3) is 4.79. The first kappa shape index (κ1) is 21.9. The second kappa shape index (κ2) is 10.3. The third-order valence-corrected chi connectivity index (χ3v) is 6.46. The summed E-state index contributed by atoms with van der Waals surface area (Å²) in [5.74, 6) is 1.60. The monoisotopic (exact) mass is 422 g/mol. The molecule has 0 aromatic heterocycles. The second-order valence-electron chi connectivity index (χ2n) is 8.32. The van der Waals surface area contributed by atoms with E-state index in [1.165, 1.54) is 29.5 Å². The lowest BCUT2D eigenvalue weighted by Crippen LogP contribution is -2.51. The smallest absolute Gasteiger partial charge is 0.161 e. The minimum atomic E-state index is 0.260. The van der Waals surface area contributed by atoms with E-state index in [1.807, 2.05) is 12.1 Å². The van der Waals surface area contributed by atoms with Gasteiger partial charge in [0.15, 0.2) is 11.5 Å². The van der Waals surface area contributed by atoms with Crippen LogP contribution in [0, 0.1) is 0 Å². The molecule has 1 fully saturated rings. The number of fused-ring (bicyclic) bond motifs is 1. The Labute approximate surface area is 186 Å². The lowest BCUT2D eigenvalue weighted by Gasteiger charge is -2.45. The van der Waals surface area contributed by atoms with Crippen LogP contribution in [0.1, 0.15) is 42.0 Å². The molecule has 31 heavy (non-hydrogen) atoms. The fraction of sp³-hybridized carbons (Fsp3) is 0.462. The molecule has 0 saturated carbocycles. The number of methoxy groups -OCH3 is 2. The summed E-state index contributed by atoms with van der Waals surface area (Å²) in [4.78, 5) is 0. The Hall–Kier alpha value is -2.34. The van der Waals surface area contributed by atoms with Crippen LogP contribution in [0.3, 0.4) is 0 Å². The van der Waals surface area contributed by atoms with Gasteiger partial charge >= 0.3 is 0 Å². The molecule has 2 heterocycles. The van der Waals surface area contributed by atoms with Crippen molar-refractivity contribution in [1.82, 2.24) is 10.0 Å². The van der Waals surface area contributed by atoms with Gasteiger partial charge in [-0.3, -0.25) is 0 Å². The zero-order chi connectivity index (χ0) is 21.6. The molecule has 1 saturated heterocycles. The summed E-state index contributed by atoms with van der Waals surface area (Å²) in [7, 11) is 3.40. The summed E-state index contributed by atoms with van der Waals surface area (Å²) in [6.45, 7) is 7.54. The van der Waals surface area contributed by atoms with Gasteiger partial charge < -0.3 is 14.2 Å². The van der Waals surface area contributed by atoms with Gasteiger partial charge in [0, 0.05) is 19.1 Å². The molecule has 0 radical (unpaired) electrons. The van der Waals surface area contributed by atoms with E-state index in [4.69, 9.17) is 14.2 Å². The van der Waals surface area contributed by atoms with Gasteiger partial charge in [0.25, 0.3) is 0 Å². The summed E-state index contributed by atoms with van der Waals surface area (Å²) in [5, 5.41) is 5.11. The van der Waals surface area contributed by atoms with Crippen molar-refractivity contribution in [3.05, 3.63) is 71.8 Å². The number of benzene rings is 2. The molecule has 4 rings (SSSR count). The molecule has 2 aliphatic heterocycles. The van der Waals surface area contributed by atoms with E-state index in [1.54, 1.807) is 14.2 Å². The average molecular weight is 423 g/mol. The van der Waals surface area contributed by atoms with E-state index in [9.17, 15) is 0 Å². The summed E-state index contributed by atoms with van der Waals surface area (Å²) in [6, 6.07) is 15.4. The molecule has 5 nitrogen and oxygen atoms in total. The molecule has 5 heteroatoms. The zero-order valence-corrected chi connectivity index (χ0v) is 18.8. The maximum absolute atomic E-state index is 6.13. The van der Waals surface area contributed by atoms with Crippen molar-refractivity contribution in [3.8, 4) is 11.5 Å². The number of rotatable bonds is 9. The minimum absolute atomic E-state index is 0.260. The molecule has 2 aliphatic rings. The average Bonchev–Trinajstić information content (AvgIpc) is 3.27. The van der Waals surface area contributed by atoms with Crippen LogP contribution in [0.4, 0.5) is 0 Å². The van der Waals surface area contributed by atoms with E-state index >= 15 is 0 Å².